The highest BCUT2D eigenvalue weighted by Crippen LogP contribution is 2.24. The van der Waals surface area contributed by atoms with E-state index in [1.807, 2.05) is 12.1 Å². The summed E-state index contributed by atoms with van der Waals surface area (Å²) in [5.41, 5.74) is 2.31. The smallest absolute Gasteiger partial charge is 0.236 e. The second kappa shape index (κ2) is 7.86. The van der Waals surface area contributed by atoms with Crippen molar-refractivity contribution in [2.45, 2.75) is 31.7 Å². The lowest BCUT2D eigenvalue weighted by Crippen LogP contribution is -2.47. The number of rotatable bonds is 5. The molecular weight excluding hydrogens is 372 g/mol. The van der Waals surface area contributed by atoms with Gasteiger partial charge in [0.15, 0.2) is 0 Å². The van der Waals surface area contributed by atoms with Crippen LogP contribution in [0.2, 0.25) is 5.02 Å². The number of nitrogens with one attached hydrogen (secondary N) is 1. The van der Waals surface area contributed by atoms with Crippen molar-refractivity contribution in [1.82, 2.24) is 0 Å². The summed E-state index contributed by atoms with van der Waals surface area (Å²) in [7, 11) is -3.48. The van der Waals surface area contributed by atoms with Gasteiger partial charge in [-0.2, -0.15) is 0 Å². The first-order valence-electron chi connectivity index (χ1n) is 8.56. The van der Waals surface area contributed by atoms with Gasteiger partial charge in [-0.1, -0.05) is 23.7 Å². The van der Waals surface area contributed by atoms with E-state index in [0.717, 1.165) is 12.2 Å². The number of hydrogen-bond acceptors (Lipinski definition) is 4. The summed E-state index contributed by atoms with van der Waals surface area (Å²) in [5.74, 6) is -0.0933. The predicted molar refractivity (Wildman–Crippen MR) is 106 cm³/mol. The standard InChI is InChI=1S/C19H23ClN2O3S/c1-14-12-25-15(2)11-22(14)19-9-7-18(8-10-19)21-26(23,24)13-16-3-5-17(20)6-4-16/h3-10,14-15,21H,11-13H2,1-2H3. The van der Waals surface area contributed by atoms with E-state index in [1.54, 1.807) is 36.4 Å². The molecule has 2 aromatic rings. The Balaban J connectivity index is 1.67. The van der Waals surface area contributed by atoms with Crippen molar-refractivity contribution >= 4 is 33.0 Å². The van der Waals surface area contributed by atoms with Crippen molar-refractivity contribution in [3.63, 3.8) is 0 Å². The van der Waals surface area contributed by atoms with Gasteiger partial charge in [0, 0.05) is 29.0 Å². The number of hydrogen-bond donors (Lipinski definition) is 1. The Hall–Kier alpha value is -1.76. The first-order chi connectivity index (χ1) is 12.3. The van der Waals surface area contributed by atoms with E-state index in [9.17, 15) is 8.42 Å². The Bertz CT molecular complexity index is 838. The van der Waals surface area contributed by atoms with Gasteiger partial charge in [-0.3, -0.25) is 4.72 Å². The summed E-state index contributed by atoms with van der Waals surface area (Å²) in [6, 6.07) is 14.6. The second-order valence-corrected chi connectivity index (χ2v) is 8.84. The molecule has 0 saturated carbocycles. The van der Waals surface area contributed by atoms with Gasteiger partial charge in [0.2, 0.25) is 10.0 Å². The summed E-state index contributed by atoms with van der Waals surface area (Å²) in [6.07, 6.45) is 0.184. The molecule has 1 fully saturated rings. The average Bonchev–Trinajstić information content (AvgIpc) is 2.59. The quantitative estimate of drug-likeness (QED) is 0.835. The third kappa shape index (κ3) is 4.90. The molecule has 2 aromatic carbocycles. The third-order valence-corrected chi connectivity index (χ3v) is 5.86. The fourth-order valence-corrected chi connectivity index (χ4v) is 4.32. The van der Waals surface area contributed by atoms with E-state index in [1.165, 1.54) is 0 Å². The molecule has 2 atom stereocenters. The summed E-state index contributed by atoms with van der Waals surface area (Å²) in [5, 5.41) is 0.585. The van der Waals surface area contributed by atoms with Crippen LogP contribution < -0.4 is 9.62 Å². The van der Waals surface area contributed by atoms with Crippen molar-refractivity contribution in [3.05, 3.63) is 59.1 Å². The van der Waals surface area contributed by atoms with Gasteiger partial charge in [-0.05, 0) is 55.8 Å². The largest absolute Gasteiger partial charge is 0.375 e. The van der Waals surface area contributed by atoms with Crippen molar-refractivity contribution in [1.29, 1.82) is 0 Å². The molecule has 2 unspecified atom stereocenters. The maximum atomic E-state index is 12.4. The first kappa shape index (κ1) is 19.0. The Morgan fingerprint density at radius 3 is 2.42 bits per heavy atom. The molecule has 0 aromatic heterocycles. The van der Waals surface area contributed by atoms with Crippen LogP contribution >= 0.6 is 11.6 Å². The number of benzene rings is 2. The molecule has 7 heteroatoms. The molecule has 1 aliphatic heterocycles. The van der Waals surface area contributed by atoms with E-state index in [2.05, 4.69) is 23.5 Å². The molecule has 3 rings (SSSR count). The maximum Gasteiger partial charge on any atom is 0.236 e. The van der Waals surface area contributed by atoms with Crippen LogP contribution in [0, 0.1) is 0 Å². The number of anilines is 2. The van der Waals surface area contributed by atoms with Gasteiger partial charge in [0.1, 0.15) is 0 Å². The van der Waals surface area contributed by atoms with Crippen molar-refractivity contribution in [2.24, 2.45) is 0 Å². The van der Waals surface area contributed by atoms with Gasteiger partial charge >= 0.3 is 0 Å². The number of halogens is 1. The highest BCUT2D eigenvalue weighted by Gasteiger charge is 2.23. The lowest BCUT2D eigenvalue weighted by atomic mass is 10.1. The molecule has 0 radical (unpaired) electrons. The topological polar surface area (TPSA) is 58.6 Å². The predicted octanol–water partition coefficient (Wildman–Crippen LogP) is 3.90. The van der Waals surface area contributed by atoms with Crippen LogP contribution in [0.25, 0.3) is 0 Å². The van der Waals surface area contributed by atoms with E-state index in [0.29, 0.717) is 28.9 Å². The van der Waals surface area contributed by atoms with Gasteiger partial charge in [0.05, 0.1) is 18.5 Å². The molecule has 0 amide bonds. The molecule has 140 valence electrons. The Kier molecular flexibility index (Phi) is 5.75. The summed E-state index contributed by atoms with van der Waals surface area (Å²) < 4.78 is 33.0. The van der Waals surface area contributed by atoms with Crippen LogP contribution in [0.4, 0.5) is 11.4 Å². The minimum absolute atomic E-state index is 0.0933. The molecule has 1 aliphatic rings. The number of ether oxygens (including phenoxy) is 1. The number of sulfonamides is 1. The number of morpholine rings is 1. The van der Waals surface area contributed by atoms with Crippen LogP contribution in [0.3, 0.4) is 0 Å². The molecular formula is C19H23ClN2O3S. The second-order valence-electron chi connectivity index (χ2n) is 6.68. The SMILES string of the molecule is CC1CN(c2ccc(NS(=O)(=O)Cc3ccc(Cl)cc3)cc2)C(C)CO1. The normalized spacial score (nSPS) is 20.8. The van der Waals surface area contributed by atoms with Gasteiger partial charge in [-0.25, -0.2) is 8.42 Å². The zero-order valence-corrected chi connectivity index (χ0v) is 16.4. The molecule has 0 spiro atoms. The average molecular weight is 395 g/mol. The van der Waals surface area contributed by atoms with Crippen LogP contribution in [0.5, 0.6) is 0 Å². The van der Waals surface area contributed by atoms with Crippen LogP contribution in [0.1, 0.15) is 19.4 Å². The monoisotopic (exact) mass is 394 g/mol. The maximum absolute atomic E-state index is 12.4. The first-order valence-corrected chi connectivity index (χ1v) is 10.6. The zero-order chi connectivity index (χ0) is 18.7. The molecule has 0 aliphatic carbocycles. The van der Waals surface area contributed by atoms with Gasteiger partial charge in [0.25, 0.3) is 0 Å². The van der Waals surface area contributed by atoms with Gasteiger partial charge < -0.3 is 9.64 Å². The van der Waals surface area contributed by atoms with Crippen molar-refractivity contribution in [2.75, 3.05) is 22.8 Å². The summed E-state index contributed by atoms with van der Waals surface area (Å²) >= 11 is 5.83. The van der Waals surface area contributed by atoms with E-state index >= 15 is 0 Å². The fraction of sp³-hybridized carbons (Fsp3) is 0.368. The van der Waals surface area contributed by atoms with E-state index in [-0.39, 0.29) is 11.9 Å². The van der Waals surface area contributed by atoms with Crippen LogP contribution in [-0.2, 0) is 20.5 Å². The van der Waals surface area contributed by atoms with E-state index in [4.69, 9.17) is 16.3 Å². The van der Waals surface area contributed by atoms with Gasteiger partial charge in [-0.15, -0.1) is 0 Å². The highest BCUT2D eigenvalue weighted by molar-refractivity contribution is 7.91. The molecule has 0 bridgehead atoms. The molecule has 26 heavy (non-hydrogen) atoms. The highest BCUT2D eigenvalue weighted by atomic mass is 35.5. The lowest BCUT2D eigenvalue weighted by molar-refractivity contribution is 0.0344. The van der Waals surface area contributed by atoms with E-state index < -0.39 is 10.0 Å². The Morgan fingerprint density at radius 1 is 1.12 bits per heavy atom. The minimum atomic E-state index is -3.48. The summed E-state index contributed by atoms with van der Waals surface area (Å²) in [6.45, 7) is 5.69. The number of nitrogens with zero attached hydrogens (tertiary/aromatic N) is 1. The Labute approximate surface area is 160 Å². The van der Waals surface area contributed by atoms with Crippen molar-refractivity contribution in [3.8, 4) is 0 Å². The van der Waals surface area contributed by atoms with Crippen molar-refractivity contribution < 1.29 is 13.2 Å². The summed E-state index contributed by atoms with van der Waals surface area (Å²) in [4.78, 5) is 2.28. The minimum Gasteiger partial charge on any atom is -0.375 e. The molecule has 1 heterocycles. The molecule has 5 nitrogen and oxygen atoms in total. The van der Waals surface area contributed by atoms with Crippen LogP contribution in [-0.4, -0.2) is 33.7 Å². The third-order valence-electron chi connectivity index (χ3n) is 4.35. The fourth-order valence-electron chi connectivity index (χ4n) is 3.00. The van der Waals surface area contributed by atoms with Crippen LogP contribution in [0.15, 0.2) is 48.5 Å². The molecule has 1 N–H and O–H groups in total. The lowest BCUT2D eigenvalue weighted by Gasteiger charge is -2.38. The molecule has 1 saturated heterocycles. The zero-order valence-electron chi connectivity index (χ0n) is 14.9. The Morgan fingerprint density at radius 2 is 1.77 bits per heavy atom.